The van der Waals surface area contributed by atoms with Gasteiger partial charge in [-0.2, -0.15) is 0 Å². The molecule has 1 amide bonds. The zero-order valence-electron chi connectivity index (χ0n) is 14.0. The largest absolute Gasteiger partial charge is 0.342 e. The van der Waals surface area contributed by atoms with E-state index in [9.17, 15) is 4.79 Å². The van der Waals surface area contributed by atoms with Crippen molar-refractivity contribution in [1.29, 1.82) is 0 Å². The molecule has 1 atom stereocenters. The Kier molecular flexibility index (Phi) is 6.31. The van der Waals surface area contributed by atoms with Gasteiger partial charge in [-0.15, -0.1) is 0 Å². The van der Waals surface area contributed by atoms with Crippen LogP contribution in [0.4, 0.5) is 0 Å². The molecule has 1 heterocycles. The van der Waals surface area contributed by atoms with Crippen LogP contribution in [0.15, 0.2) is 24.3 Å². The van der Waals surface area contributed by atoms with Crippen molar-refractivity contribution >= 4 is 17.5 Å². The minimum absolute atomic E-state index is 0.0443. The van der Waals surface area contributed by atoms with Crippen LogP contribution in [-0.2, 0) is 11.2 Å². The molecule has 22 heavy (non-hydrogen) atoms. The van der Waals surface area contributed by atoms with Crippen molar-refractivity contribution in [2.45, 2.75) is 46.5 Å². The van der Waals surface area contributed by atoms with E-state index in [4.69, 9.17) is 11.6 Å². The van der Waals surface area contributed by atoms with E-state index in [0.717, 1.165) is 49.2 Å². The molecule has 3 heteroatoms. The minimum Gasteiger partial charge on any atom is -0.342 e. The lowest BCUT2D eigenvalue weighted by molar-refractivity contribution is -0.136. The van der Waals surface area contributed by atoms with Crippen molar-refractivity contribution < 1.29 is 4.79 Å². The van der Waals surface area contributed by atoms with Gasteiger partial charge < -0.3 is 4.90 Å². The Morgan fingerprint density at radius 2 is 1.77 bits per heavy atom. The lowest BCUT2D eigenvalue weighted by Gasteiger charge is -2.34. The molecule has 0 radical (unpaired) electrons. The molecule has 0 N–H and O–H groups in total. The maximum atomic E-state index is 12.6. The smallest absolute Gasteiger partial charge is 0.225 e. The molecule has 0 bridgehead atoms. The van der Waals surface area contributed by atoms with E-state index in [1.165, 1.54) is 12.0 Å². The lowest BCUT2D eigenvalue weighted by atomic mass is 9.88. The SMILES string of the molecule is CC(C)CC1CCN(C(=O)[C@H](C)Cc2ccc(Cl)cc2)CC1. The molecule has 1 saturated heterocycles. The van der Waals surface area contributed by atoms with Crippen molar-refractivity contribution in [2.75, 3.05) is 13.1 Å². The van der Waals surface area contributed by atoms with Gasteiger partial charge in [0, 0.05) is 24.0 Å². The number of hydrogen-bond donors (Lipinski definition) is 0. The normalized spacial score (nSPS) is 17.8. The fraction of sp³-hybridized carbons (Fsp3) is 0.632. The number of amides is 1. The van der Waals surface area contributed by atoms with Crippen molar-refractivity contribution in [3.8, 4) is 0 Å². The van der Waals surface area contributed by atoms with Crippen molar-refractivity contribution in [1.82, 2.24) is 4.90 Å². The van der Waals surface area contributed by atoms with E-state index in [1.807, 2.05) is 31.2 Å². The lowest BCUT2D eigenvalue weighted by Crippen LogP contribution is -2.41. The van der Waals surface area contributed by atoms with Gasteiger partial charge in [0.15, 0.2) is 0 Å². The maximum Gasteiger partial charge on any atom is 0.225 e. The van der Waals surface area contributed by atoms with Crippen LogP contribution in [-0.4, -0.2) is 23.9 Å². The molecule has 1 aliphatic heterocycles. The Labute approximate surface area is 139 Å². The molecule has 0 saturated carbocycles. The van der Waals surface area contributed by atoms with Crippen LogP contribution in [0.3, 0.4) is 0 Å². The zero-order chi connectivity index (χ0) is 16.1. The fourth-order valence-electron chi connectivity index (χ4n) is 3.43. The molecule has 0 aromatic heterocycles. The third kappa shape index (κ3) is 5.01. The van der Waals surface area contributed by atoms with Crippen molar-refractivity contribution in [3.05, 3.63) is 34.9 Å². The molecule has 0 unspecified atom stereocenters. The van der Waals surface area contributed by atoms with Crippen LogP contribution in [0.1, 0.15) is 45.6 Å². The number of carbonyl (C=O) groups excluding carboxylic acids is 1. The summed E-state index contributed by atoms with van der Waals surface area (Å²) in [6, 6.07) is 7.82. The van der Waals surface area contributed by atoms with Crippen LogP contribution < -0.4 is 0 Å². The quantitative estimate of drug-likeness (QED) is 0.762. The fourth-order valence-corrected chi connectivity index (χ4v) is 3.55. The monoisotopic (exact) mass is 321 g/mol. The summed E-state index contributed by atoms with van der Waals surface area (Å²) in [5, 5.41) is 0.745. The predicted octanol–water partition coefficient (Wildman–Crippen LogP) is 4.80. The number of benzene rings is 1. The highest BCUT2D eigenvalue weighted by molar-refractivity contribution is 6.30. The van der Waals surface area contributed by atoms with Crippen LogP contribution in [0.2, 0.25) is 5.02 Å². The van der Waals surface area contributed by atoms with Gasteiger partial charge in [0.1, 0.15) is 0 Å². The first-order valence-electron chi connectivity index (χ1n) is 8.49. The highest BCUT2D eigenvalue weighted by Gasteiger charge is 2.26. The summed E-state index contributed by atoms with van der Waals surface area (Å²) in [7, 11) is 0. The van der Waals surface area contributed by atoms with Crippen molar-refractivity contribution in [3.63, 3.8) is 0 Å². The molecule has 1 aliphatic rings. The Morgan fingerprint density at radius 3 is 2.32 bits per heavy atom. The molecule has 1 aromatic carbocycles. The van der Waals surface area contributed by atoms with E-state index in [-0.39, 0.29) is 5.92 Å². The van der Waals surface area contributed by atoms with Crippen LogP contribution in [0, 0.1) is 17.8 Å². The molecule has 0 aliphatic carbocycles. The summed E-state index contributed by atoms with van der Waals surface area (Å²) in [6.07, 6.45) is 4.42. The van der Waals surface area contributed by atoms with Gasteiger partial charge >= 0.3 is 0 Å². The zero-order valence-corrected chi connectivity index (χ0v) is 14.8. The van der Waals surface area contributed by atoms with E-state index in [1.54, 1.807) is 0 Å². The van der Waals surface area contributed by atoms with E-state index >= 15 is 0 Å². The second-order valence-corrected chi connectivity index (χ2v) is 7.57. The summed E-state index contributed by atoms with van der Waals surface area (Å²) in [4.78, 5) is 14.7. The number of likely N-dealkylation sites (tertiary alicyclic amines) is 1. The number of carbonyl (C=O) groups is 1. The van der Waals surface area contributed by atoms with Gasteiger partial charge in [-0.05, 0) is 55.2 Å². The summed E-state index contributed by atoms with van der Waals surface area (Å²) in [5.41, 5.74) is 1.18. The first-order valence-corrected chi connectivity index (χ1v) is 8.86. The second kappa shape index (κ2) is 8.01. The molecule has 1 fully saturated rings. The Hall–Kier alpha value is -1.02. The van der Waals surface area contributed by atoms with Crippen LogP contribution in [0.25, 0.3) is 0 Å². The highest BCUT2D eigenvalue weighted by atomic mass is 35.5. The summed E-state index contributed by atoms with van der Waals surface area (Å²) >= 11 is 5.91. The molecule has 0 spiro atoms. The molecule has 1 aromatic rings. The second-order valence-electron chi connectivity index (χ2n) is 7.13. The third-order valence-electron chi connectivity index (χ3n) is 4.61. The Bertz CT molecular complexity index is 475. The molecule has 2 rings (SSSR count). The topological polar surface area (TPSA) is 20.3 Å². The highest BCUT2D eigenvalue weighted by Crippen LogP contribution is 2.25. The number of halogens is 1. The molecule has 122 valence electrons. The predicted molar refractivity (Wildman–Crippen MR) is 93.1 cm³/mol. The first kappa shape index (κ1) is 17.3. The van der Waals surface area contributed by atoms with Gasteiger partial charge in [-0.3, -0.25) is 4.79 Å². The Balaban J connectivity index is 1.82. The Morgan fingerprint density at radius 1 is 1.18 bits per heavy atom. The number of piperidine rings is 1. The maximum absolute atomic E-state index is 12.6. The standard InChI is InChI=1S/C19H28ClNO/c1-14(2)12-17-8-10-21(11-9-17)19(22)15(3)13-16-4-6-18(20)7-5-16/h4-7,14-15,17H,8-13H2,1-3H3/t15-/m1/s1. The van der Waals surface area contributed by atoms with Crippen molar-refractivity contribution in [2.24, 2.45) is 17.8 Å². The molecular weight excluding hydrogens is 294 g/mol. The van der Waals surface area contributed by atoms with Crippen LogP contribution >= 0.6 is 11.6 Å². The van der Waals surface area contributed by atoms with E-state index in [0.29, 0.717) is 5.91 Å². The van der Waals surface area contributed by atoms with Gasteiger partial charge in [0.25, 0.3) is 0 Å². The number of nitrogens with zero attached hydrogens (tertiary/aromatic N) is 1. The average Bonchev–Trinajstić information content (AvgIpc) is 2.49. The van der Waals surface area contributed by atoms with E-state index < -0.39 is 0 Å². The van der Waals surface area contributed by atoms with Gasteiger partial charge in [0.05, 0.1) is 0 Å². The first-order chi connectivity index (χ1) is 10.5. The summed E-state index contributed by atoms with van der Waals surface area (Å²) in [6.45, 7) is 8.47. The molecule has 2 nitrogen and oxygen atoms in total. The minimum atomic E-state index is 0.0443. The van der Waals surface area contributed by atoms with Gasteiger partial charge in [0.2, 0.25) is 5.91 Å². The summed E-state index contributed by atoms with van der Waals surface area (Å²) < 4.78 is 0. The van der Waals surface area contributed by atoms with Gasteiger partial charge in [-0.1, -0.05) is 44.5 Å². The van der Waals surface area contributed by atoms with Crippen LogP contribution in [0.5, 0.6) is 0 Å². The third-order valence-corrected chi connectivity index (χ3v) is 4.86. The summed E-state index contributed by atoms with van der Waals surface area (Å²) in [5.74, 6) is 1.91. The molecular formula is C19H28ClNO. The number of hydrogen-bond acceptors (Lipinski definition) is 1. The number of rotatable bonds is 5. The average molecular weight is 322 g/mol. The van der Waals surface area contributed by atoms with Gasteiger partial charge in [-0.25, -0.2) is 0 Å². The van der Waals surface area contributed by atoms with E-state index in [2.05, 4.69) is 18.7 Å².